The summed E-state index contributed by atoms with van der Waals surface area (Å²) in [5, 5.41) is 0. The van der Waals surface area contributed by atoms with E-state index < -0.39 is 10.0 Å². The molecule has 0 fully saturated rings. The topological polar surface area (TPSA) is 53.5 Å². The highest BCUT2D eigenvalue weighted by Crippen LogP contribution is 2.22. The minimum atomic E-state index is -3.56. The first kappa shape index (κ1) is 18.6. The Morgan fingerprint density at radius 3 is 2.42 bits per heavy atom. The molecule has 1 aromatic carbocycles. The van der Waals surface area contributed by atoms with Gasteiger partial charge in [0, 0.05) is 32.0 Å². The second-order valence-electron chi connectivity index (χ2n) is 6.27. The summed E-state index contributed by atoms with van der Waals surface area (Å²) in [6.45, 7) is 5.20. The molecule has 0 bridgehead atoms. The van der Waals surface area contributed by atoms with Crippen molar-refractivity contribution < 1.29 is 8.42 Å². The van der Waals surface area contributed by atoms with Crippen LogP contribution in [-0.2, 0) is 16.6 Å². The zero-order valence-electron chi connectivity index (χ0n) is 14.7. The summed E-state index contributed by atoms with van der Waals surface area (Å²) < 4.78 is 27.9. The van der Waals surface area contributed by atoms with Crippen LogP contribution in [0.4, 0.5) is 0 Å². The number of hydrogen-bond donors (Lipinski definition) is 0. The summed E-state index contributed by atoms with van der Waals surface area (Å²) >= 11 is 0. The van der Waals surface area contributed by atoms with E-state index in [-0.39, 0.29) is 0 Å². The number of aryl methyl sites for hydroxylation is 2. The van der Waals surface area contributed by atoms with E-state index in [0.717, 1.165) is 16.7 Å². The lowest BCUT2D eigenvalue weighted by atomic mass is 10.2. The molecule has 0 saturated heterocycles. The monoisotopic (exact) mass is 347 g/mol. The van der Waals surface area contributed by atoms with Crippen LogP contribution in [-0.4, -0.2) is 49.8 Å². The van der Waals surface area contributed by atoms with Gasteiger partial charge in [0.2, 0.25) is 10.0 Å². The number of benzene rings is 1. The number of hydrogen-bond acceptors (Lipinski definition) is 4. The van der Waals surface area contributed by atoms with E-state index in [1.54, 1.807) is 18.5 Å². The molecule has 130 valence electrons. The Morgan fingerprint density at radius 2 is 1.83 bits per heavy atom. The van der Waals surface area contributed by atoms with Crippen LogP contribution in [0.3, 0.4) is 0 Å². The van der Waals surface area contributed by atoms with Crippen LogP contribution in [0, 0.1) is 13.8 Å². The fourth-order valence-corrected chi connectivity index (χ4v) is 4.14. The second-order valence-corrected chi connectivity index (χ2v) is 8.18. The van der Waals surface area contributed by atoms with Crippen molar-refractivity contribution in [1.29, 1.82) is 0 Å². The Labute approximate surface area is 145 Å². The molecule has 6 heteroatoms. The number of rotatable bonds is 7. The van der Waals surface area contributed by atoms with Crippen molar-refractivity contribution >= 4 is 10.0 Å². The van der Waals surface area contributed by atoms with Crippen LogP contribution in [0.5, 0.6) is 0 Å². The lowest BCUT2D eigenvalue weighted by Crippen LogP contribution is -2.36. The summed E-state index contributed by atoms with van der Waals surface area (Å²) in [5.41, 5.74) is 2.71. The molecule has 0 aliphatic carbocycles. The average Bonchev–Trinajstić information content (AvgIpc) is 2.51. The molecule has 0 spiro atoms. The Bertz CT molecular complexity index is 774. The van der Waals surface area contributed by atoms with E-state index in [1.807, 2.05) is 57.1 Å². The summed E-state index contributed by atoms with van der Waals surface area (Å²) in [4.78, 5) is 6.44. The fourth-order valence-electron chi connectivity index (χ4n) is 2.52. The van der Waals surface area contributed by atoms with Crippen LogP contribution in [0.25, 0.3) is 0 Å². The molecule has 1 aromatic heterocycles. The van der Waals surface area contributed by atoms with Gasteiger partial charge in [-0.25, -0.2) is 8.42 Å². The first-order chi connectivity index (χ1) is 11.3. The zero-order valence-corrected chi connectivity index (χ0v) is 15.5. The van der Waals surface area contributed by atoms with Crippen LogP contribution in [0.1, 0.15) is 16.7 Å². The maximum atomic E-state index is 13.2. The summed E-state index contributed by atoms with van der Waals surface area (Å²) in [5.74, 6) is 0. The quantitative estimate of drug-likeness (QED) is 0.772. The number of pyridine rings is 1. The predicted molar refractivity (Wildman–Crippen MR) is 96.3 cm³/mol. The fraction of sp³-hybridized carbons (Fsp3) is 0.389. The third kappa shape index (κ3) is 4.63. The van der Waals surface area contributed by atoms with Crippen molar-refractivity contribution in [3.8, 4) is 0 Å². The maximum Gasteiger partial charge on any atom is 0.243 e. The average molecular weight is 347 g/mol. The second kappa shape index (κ2) is 7.88. The van der Waals surface area contributed by atoms with Gasteiger partial charge in [-0.2, -0.15) is 4.31 Å². The van der Waals surface area contributed by atoms with Gasteiger partial charge in [0.15, 0.2) is 0 Å². The summed E-state index contributed by atoms with van der Waals surface area (Å²) in [6, 6.07) is 9.16. The lowest BCUT2D eigenvalue weighted by molar-refractivity contribution is 0.329. The number of nitrogens with zero attached hydrogens (tertiary/aromatic N) is 3. The molecule has 0 radical (unpaired) electrons. The summed E-state index contributed by atoms with van der Waals surface area (Å²) in [6.07, 6.45) is 3.40. The maximum absolute atomic E-state index is 13.2. The van der Waals surface area contributed by atoms with Crippen molar-refractivity contribution in [2.45, 2.75) is 25.3 Å². The summed E-state index contributed by atoms with van der Waals surface area (Å²) in [7, 11) is 0.310. The van der Waals surface area contributed by atoms with Gasteiger partial charge in [-0.1, -0.05) is 23.8 Å². The van der Waals surface area contributed by atoms with Crippen molar-refractivity contribution in [3.05, 3.63) is 59.4 Å². The Kier molecular flexibility index (Phi) is 6.10. The van der Waals surface area contributed by atoms with Gasteiger partial charge in [0.1, 0.15) is 0 Å². The highest BCUT2D eigenvalue weighted by molar-refractivity contribution is 7.89. The van der Waals surface area contributed by atoms with Gasteiger partial charge < -0.3 is 4.90 Å². The van der Waals surface area contributed by atoms with E-state index in [0.29, 0.717) is 24.5 Å². The Morgan fingerprint density at radius 1 is 1.08 bits per heavy atom. The molecule has 0 unspecified atom stereocenters. The normalized spacial score (nSPS) is 12.1. The van der Waals surface area contributed by atoms with Gasteiger partial charge in [0.25, 0.3) is 0 Å². The standard InChI is InChI=1S/C18H25N3O2S/c1-15-7-8-18(16(2)12-15)24(22,23)21(11-10-20(3)4)14-17-6-5-9-19-13-17/h5-9,12-13H,10-11,14H2,1-4H3. The van der Waals surface area contributed by atoms with E-state index in [1.165, 1.54) is 4.31 Å². The number of aromatic nitrogens is 1. The Hall–Kier alpha value is -1.76. The van der Waals surface area contributed by atoms with Crippen molar-refractivity contribution in [2.24, 2.45) is 0 Å². The van der Waals surface area contributed by atoms with E-state index in [9.17, 15) is 8.42 Å². The molecular formula is C18H25N3O2S. The van der Waals surface area contributed by atoms with E-state index in [4.69, 9.17) is 0 Å². The molecule has 0 N–H and O–H groups in total. The molecule has 1 heterocycles. The highest BCUT2D eigenvalue weighted by atomic mass is 32.2. The van der Waals surface area contributed by atoms with Gasteiger partial charge >= 0.3 is 0 Å². The molecular weight excluding hydrogens is 322 g/mol. The van der Waals surface area contributed by atoms with Gasteiger partial charge in [-0.05, 0) is 51.2 Å². The first-order valence-corrected chi connectivity index (χ1v) is 9.36. The molecule has 0 atom stereocenters. The van der Waals surface area contributed by atoms with Gasteiger partial charge in [-0.3, -0.25) is 4.98 Å². The molecule has 5 nitrogen and oxygen atoms in total. The van der Waals surface area contributed by atoms with Crippen LogP contribution in [0.15, 0.2) is 47.6 Å². The molecule has 0 amide bonds. The van der Waals surface area contributed by atoms with Crippen LogP contribution < -0.4 is 0 Å². The minimum absolute atomic E-state index is 0.317. The van der Waals surface area contributed by atoms with Crippen molar-refractivity contribution in [2.75, 3.05) is 27.2 Å². The van der Waals surface area contributed by atoms with Gasteiger partial charge in [0.05, 0.1) is 4.90 Å². The van der Waals surface area contributed by atoms with E-state index >= 15 is 0 Å². The van der Waals surface area contributed by atoms with Gasteiger partial charge in [-0.15, -0.1) is 0 Å². The molecule has 24 heavy (non-hydrogen) atoms. The number of likely N-dealkylation sites (N-methyl/N-ethyl adjacent to an activating group) is 1. The third-order valence-corrected chi connectivity index (χ3v) is 5.83. The smallest absolute Gasteiger partial charge is 0.243 e. The van der Waals surface area contributed by atoms with Crippen LogP contribution in [0.2, 0.25) is 0 Å². The van der Waals surface area contributed by atoms with Crippen LogP contribution >= 0.6 is 0 Å². The largest absolute Gasteiger partial charge is 0.308 e. The first-order valence-electron chi connectivity index (χ1n) is 7.92. The minimum Gasteiger partial charge on any atom is -0.308 e. The molecule has 2 rings (SSSR count). The predicted octanol–water partition coefficient (Wildman–Crippen LogP) is 2.45. The molecule has 0 aliphatic heterocycles. The highest BCUT2D eigenvalue weighted by Gasteiger charge is 2.26. The lowest BCUT2D eigenvalue weighted by Gasteiger charge is -2.24. The van der Waals surface area contributed by atoms with E-state index in [2.05, 4.69) is 4.98 Å². The SMILES string of the molecule is Cc1ccc(S(=O)(=O)N(CCN(C)C)Cc2cccnc2)c(C)c1. The molecule has 2 aromatic rings. The third-order valence-electron chi connectivity index (χ3n) is 3.83. The Balaban J connectivity index is 2.36. The molecule has 0 aliphatic rings. The van der Waals surface area contributed by atoms with Crippen molar-refractivity contribution in [1.82, 2.24) is 14.2 Å². The number of sulfonamides is 1. The zero-order chi connectivity index (χ0) is 17.7. The molecule has 0 saturated carbocycles. The van der Waals surface area contributed by atoms with Crippen molar-refractivity contribution in [3.63, 3.8) is 0 Å².